The summed E-state index contributed by atoms with van der Waals surface area (Å²) in [5, 5.41) is 0. The zero-order valence-corrected chi connectivity index (χ0v) is 7.16. The van der Waals surface area contributed by atoms with Gasteiger partial charge in [0.25, 0.3) is 5.91 Å². The molecule has 0 saturated carbocycles. The second-order valence-electron chi connectivity index (χ2n) is 2.86. The molecule has 1 aliphatic rings. The Morgan fingerprint density at radius 2 is 2.23 bits per heavy atom. The summed E-state index contributed by atoms with van der Waals surface area (Å²) < 4.78 is 10.3. The molecule has 0 fully saturated rings. The number of carbonyl (C=O) groups is 1. The van der Waals surface area contributed by atoms with Crippen LogP contribution in [-0.2, 0) is 0 Å². The number of hydrogen-bond acceptors (Lipinski definition) is 3. The minimum atomic E-state index is -0.486. The van der Waals surface area contributed by atoms with E-state index in [9.17, 15) is 4.79 Å². The van der Waals surface area contributed by atoms with Gasteiger partial charge >= 0.3 is 0 Å². The number of amides is 1. The molecule has 2 N–H and O–H groups in total. The molecule has 1 amide bonds. The van der Waals surface area contributed by atoms with E-state index in [4.69, 9.17) is 15.2 Å². The number of carbonyl (C=O) groups excluding carboxylic acids is 1. The number of fused-ring (bicyclic) bond motifs is 1. The molecule has 1 aliphatic heterocycles. The van der Waals surface area contributed by atoms with E-state index in [1.165, 1.54) is 0 Å². The Balaban J connectivity index is 2.65. The molecule has 0 saturated heterocycles. The maximum Gasteiger partial charge on any atom is 0.252 e. The Kier molecular flexibility index (Phi) is 1.62. The fourth-order valence-corrected chi connectivity index (χ4v) is 1.38. The molecule has 4 heteroatoms. The molecule has 2 rings (SSSR count). The molecule has 68 valence electrons. The fourth-order valence-electron chi connectivity index (χ4n) is 1.38. The van der Waals surface area contributed by atoms with Crippen LogP contribution in [0.25, 0.3) is 0 Å². The van der Waals surface area contributed by atoms with Crippen LogP contribution < -0.4 is 15.2 Å². The minimum absolute atomic E-state index is 0.152. The summed E-state index contributed by atoms with van der Waals surface area (Å²) >= 11 is 0. The van der Waals surface area contributed by atoms with Gasteiger partial charge in [0, 0.05) is 0 Å². The predicted molar refractivity (Wildman–Crippen MR) is 45.8 cm³/mol. The van der Waals surface area contributed by atoms with Gasteiger partial charge in [0.1, 0.15) is 0 Å². The van der Waals surface area contributed by atoms with E-state index in [0.29, 0.717) is 17.1 Å². The molecule has 1 heterocycles. The van der Waals surface area contributed by atoms with Crippen LogP contribution in [0.15, 0.2) is 12.1 Å². The zero-order chi connectivity index (χ0) is 9.42. The SMILES string of the molecule is Cc1ccc2c(c1C(N)=O)OCO2. The van der Waals surface area contributed by atoms with E-state index in [0.717, 1.165) is 5.56 Å². The molecular formula is C9H9NO3. The molecule has 0 unspecified atom stereocenters. The van der Waals surface area contributed by atoms with Gasteiger partial charge in [-0.15, -0.1) is 0 Å². The van der Waals surface area contributed by atoms with E-state index < -0.39 is 5.91 Å². The number of nitrogens with two attached hydrogens (primary N) is 1. The first-order chi connectivity index (χ1) is 6.20. The van der Waals surface area contributed by atoms with E-state index in [1.807, 2.05) is 6.92 Å². The average Bonchev–Trinajstić information content (AvgIpc) is 2.50. The average molecular weight is 179 g/mol. The first-order valence-corrected chi connectivity index (χ1v) is 3.89. The lowest BCUT2D eigenvalue weighted by molar-refractivity contribution is 0.0995. The van der Waals surface area contributed by atoms with Gasteiger partial charge in [-0.1, -0.05) is 6.07 Å². The molecule has 13 heavy (non-hydrogen) atoms. The lowest BCUT2D eigenvalue weighted by Crippen LogP contribution is -2.13. The van der Waals surface area contributed by atoms with Gasteiger partial charge in [0.15, 0.2) is 11.5 Å². The van der Waals surface area contributed by atoms with Gasteiger partial charge in [0.2, 0.25) is 6.79 Å². The zero-order valence-electron chi connectivity index (χ0n) is 7.16. The monoisotopic (exact) mass is 179 g/mol. The van der Waals surface area contributed by atoms with Crippen molar-refractivity contribution in [3.05, 3.63) is 23.3 Å². The van der Waals surface area contributed by atoms with Crippen molar-refractivity contribution >= 4 is 5.91 Å². The van der Waals surface area contributed by atoms with Crippen LogP contribution in [0.3, 0.4) is 0 Å². The largest absolute Gasteiger partial charge is 0.454 e. The van der Waals surface area contributed by atoms with Crippen molar-refractivity contribution in [3.63, 3.8) is 0 Å². The van der Waals surface area contributed by atoms with E-state index >= 15 is 0 Å². The van der Waals surface area contributed by atoms with Gasteiger partial charge in [-0.2, -0.15) is 0 Å². The van der Waals surface area contributed by atoms with Crippen molar-refractivity contribution in [2.45, 2.75) is 6.92 Å². The van der Waals surface area contributed by atoms with E-state index in [1.54, 1.807) is 12.1 Å². The standard InChI is InChI=1S/C9H9NO3/c1-5-2-3-6-8(13-4-12-6)7(5)9(10)11/h2-3H,4H2,1H3,(H2,10,11). The number of primary amides is 1. The molecular weight excluding hydrogens is 170 g/mol. The number of hydrogen-bond donors (Lipinski definition) is 1. The van der Waals surface area contributed by atoms with E-state index in [2.05, 4.69) is 0 Å². The third-order valence-corrected chi connectivity index (χ3v) is 1.99. The Labute approximate surface area is 75.2 Å². The lowest BCUT2D eigenvalue weighted by atomic mass is 10.1. The third-order valence-electron chi connectivity index (χ3n) is 1.99. The molecule has 0 spiro atoms. The minimum Gasteiger partial charge on any atom is -0.454 e. The molecule has 0 aliphatic carbocycles. The lowest BCUT2D eigenvalue weighted by Gasteiger charge is -2.04. The maximum absolute atomic E-state index is 11.1. The molecule has 1 aromatic carbocycles. The van der Waals surface area contributed by atoms with Gasteiger partial charge in [0.05, 0.1) is 5.56 Å². The predicted octanol–water partition coefficient (Wildman–Crippen LogP) is 0.823. The van der Waals surface area contributed by atoms with Crippen LogP contribution in [0.4, 0.5) is 0 Å². The maximum atomic E-state index is 11.1. The third kappa shape index (κ3) is 1.11. The van der Waals surface area contributed by atoms with Gasteiger partial charge in [-0.3, -0.25) is 4.79 Å². The van der Waals surface area contributed by atoms with Gasteiger partial charge in [-0.05, 0) is 18.6 Å². The Bertz CT molecular complexity index is 373. The summed E-state index contributed by atoms with van der Waals surface area (Å²) in [5.74, 6) is 0.562. The summed E-state index contributed by atoms with van der Waals surface area (Å²) in [7, 11) is 0. The summed E-state index contributed by atoms with van der Waals surface area (Å²) in [6, 6.07) is 3.55. The van der Waals surface area contributed by atoms with Crippen LogP contribution in [0.5, 0.6) is 11.5 Å². The van der Waals surface area contributed by atoms with Crippen LogP contribution in [0.1, 0.15) is 15.9 Å². The van der Waals surface area contributed by atoms with Crippen LogP contribution >= 0.6 is 0 Å². The van der Waals surface area contributed by atoms with Gasteiger partial charge < -0.3 is 15.2 Å². The highest BCUT2D eigenvalue weighted by Gasteiger charge is 2.22. The quantitative estimate of drug-likeness (QED) is 0.694. The fraction of sp³-hybridized carbons (Fsp3) is 0.222. The second kappa shape index (κ2) is 2.65. The second-order valence-corrected chi connectivity index (χ2v) is 2.86. The summed E-state index contributed by atoms with van der Waals surface area (Å²) in [5.41, 5.74) is 6.43. The summed E-state index contributed by atoms with van der Waals surface area (Å²) in [6.07, 6.45) is 0. The number of ether oxygens (including phenoxy) is 2. The van der Waals surface area contributed by atoms with Crippen molar-refractivity contribution < 1.29 is 14.3 Å². The van der Waals surface area contributed by atoms with Crippen LogP contribution in [-0.4, -0.2) is 12.7 Å². The highest BCUT2D eigenvalue weighted by atomic mass is 16.7. The molecule has 4 nitrogen and oxygen atoms in total. The van der Waals surface area contributed by atoms with Crippen LogP contribution in [0.2, 0.25) is 0 Å². The first kappa shape index (κ1) is 7.91. The topological polar surface area (TPSA) is 61.6 Å². The van der Waals surface area contributed by atoms with E-state index in [-0.39, 0.29) is 6.79 Å². The Hall–Kier alpha value is -1.71. The molecule has 1 aromatic rings. The Morgan fingerprint density at radius 1 is 1.46 bits per heavy atom. The van der Waals surface area contributed by atoms with Crippen molar-refractivity contribution in [2.24, 2.45) is 5.73 Å². The number of rotatable bonds is 1. The Morgan fingerprint density at radius 3 is 2.92 bits per heavy atom. The molecule has 0 aromatic heterocycles. The van der Waals surface area contributed by atoms with Crippen molar-refractivity contribution in [1.29, 1.82) is 0 Å². The summed E-state index contributed by atoms with van der Waals surface area (Å²) in [4.78, 5) is 11.1. The molecule has 0 atom stereocenters. The first-order valence-electron chi connectivity index (χ1n) is 3.89. The summed E-state index contributed by atoms with van der Waals surface area (Å²) in [6.45, 7) is 1.96. The smallest absolute Gasteiger partial charge is 0.252 e. The van der Waals surface area contributed by atoms with Gasteiger partial charge in [-0.25, -0.2) is 0 Å². The molecule has 0 radical (unpaired) electrons. The number of benzene rings is 1. The van der Waals surface area contributed by atoms with Crippen molar-refractivity contribution in [1.82, 2.24) is 0 Å². The highest BCUT2D eigenvalue weighted by molar-refractivity contribution is 5.98. The molecule has 0 bridgehead atoms. The van der Waals surface area contributed by atoms with Crippen molar-refractivity contribution in [2.75, 3.05) is 6.79 Å². The number of aryl methyl sites for hydroxylation is 1. The van der Waals surface area contributed by atoms with Crippen LogP contribution in [0, 0.1) is 6.92 Å². The highest BCUT2D eigenvalue weighted by Crippen LogP contribution is 2.36. The van der Waals surface area contributed by atoms with Crippen molar-refractivity contribution in [3.8, 4) is 11.5 Å². The normalized spacial score (nSPS) is 13.0.